The lowest BCUT2D eigenvalue weighted by molar-refractivity contribution is -0.137. The number of rotatable bonds is 5. The number of likely N-dealkylation sites (tertiary alicyclic amines) is 1. The summed E-state index contributed by atoms with van der Waals surface area (Å²) in [6, 6.07) is -0.436. The number of carbonyl (C=O) groups excluding carboxylic acids is 3. The van der Waals surface area contributed by atoms with E-state index in [9.17, 15) is 14.4 Å². The summed E-state index contributed by atoms with van der Waals surface area (Å²) in [5.74, 6) is -0.366. The van der Waals surface area contributed by atoms with Crippen LogP contribution in [0.2, 0.25) is 0 Å². The molecule has 0 aromatic heterocycles. The second-order valence-corrected chi connectivity index (χ2v) is 5.78. The van der Waals surface area contributed by atoms with Crippen LogP contribution in [0.5, 0.6) is 0 Å². The van der Waals surface area contributed by atoms with Gasteiger partial charge in [-0.05, 0) is 33.7 Å². The molecule has 2 N–H and O–H groups in total. The van der Waals surface area contributed by atoms with Crippen LogP contribution in [0.15, 0.2) is 0 Å². The molecule has 1 aliphatic rings. The van der Waals surface area contributed by atoms with E-state index in [2.05, 4.69) is 10.6 Å². The van der Waals surface area contributed by atoms with Crippen molar-refractivity contribution in [3.8, 4) is 0 Å². The molecule has 0 radical (unpaired) electrons. The van der Waals surface area contributed by atoms with E-state index in [1.165, 1.54) is 7.05 Å². The molecule has 1 aliphatic heterocycles. The molecule has 0 spiro atoms. The van der Waals surface area contributed by atoms with Crippen molar-refractivity contribution in [2.75, 3.05) is 20.1 Å². The molecule has 1 unspecified atom stereocenters. The number of nitrogens with one attached hydrogen (secondary N) is 2. The van der Waals surface area contributed by atoms with Crippen molar-refractivity contribution in [2.45, 2.75) is 45.3 Å². The molecule has 0 aromatic carbocycles. The average Bonchev–Trinajstić information content (AvgIpc) is 2.54. The fourth-order valence-electron chi connectivity index (χ4n) is 1.78. The Morgan fingerprint density at radius 1 is 1.35 bits per heavy atom. The zero-order chi connectivity index (χ0) is 15.3. The maximum Gasteiger partial charge on any atom is 0.407 e. The maximum absolute atomic E-state index is 11.6. The number of nitrogens with zero attached hydrogens (tertiary/aromatic N) is 1. The Balaban J connectivity index is 2.13. The first-order chi connectivity index (χ1) is 9.20. The molecular weight excluding hydrogens is 262 g/mol. The van der Waals surface area contributed by atoms with Gasteiger partial charge in [0.15, 0.2) is 0 Å². The lowest BCUT2D eigenvalue weighted by Crippen LogP contribution is -2.39. The number of amides is 3. The smallest absolute Gasteiger partial charge is 0.407 e. The molecule has 7 nitrogen and oxygen atoms in total. The third-order valence-electron chi connectivity index (χ3n) is 2.79. The van der Waals surface area contributed by atoms with E-state index < -0.39 is 17.7 Å². The number of carbonyl (C=O) groups is 3. The van der Waals surface area contributed by atoms with E-state index in [1.807, 2.05) is 0 Å². The van der Waals surface area contributed by atoms with Crippen LogP contribution in [0.4, 0.5) is 4.79 Å². The molecule has 7 heteroatoms. The van der Waals surface area contributed by atoms with Gasteiger partial charge in [0.1, 0.15) is 5.60 Å². The molecule has 1 heterocycles. The number of imide groups is 1. The molecule has 0 bridgehead atoms. The standard InChI is InChI=1S/C13H23N3O4/c1-13(2,3)20-12(19)15-7-5-6-14-9-8-10(17)16(4)11(9)18/h9,14H,5-8H2,1-4H3,(H,15,19). The Labute approximate surface area is 119 Å². The number of hydrogen-bond donors (Lipinski definition) is 2. The minimum atomic E-state index is -0.510. The highest BCUT2D eigenvalue weighted by molar-refractivity contribution is 6.05. The molecule has 1 atom stereocenters. The summed E-state index contributed by atoms with van der Waals surface area (Å²) in [7, 11) is 1.48. The molecule has 3 amide bonds. The van der Waals surface area contributed by atoms with Gasteiger partial charge in [-0.25, -0.2) is 4.79 Å². The SMILES string of the molecule is CN1C(=O)CC(NCCCNC(=O)OC(C)(C)C)C1=O. The number of likely N-dealkylation sites (N-methyl/N-ethyl adjacent to an activating group) is 1. The zero-order valence-corrected chi connectivity index (χ0v) is 12.5. The second kappa shape index (κ2) is 6.69. The summed E-state index contributed by atoms with van der Waals surface area (Å²) in [5, 5.41) is 5.64. The lowest BCUT2D eigenvalue weighted by atomic mass is 10.2. The van der Waals surface area contributed by atoms with E-state index in [4.69, 9.17) is 4.74 Å². The zero-order valence-electron chi connectivity index (χ0n) is 12.5. The molecule has 1 fully saturated rings. The number of ether oxygens (including phenoxy) is 1. The van der Waals surface area contributed by atoms with E-state index in [-0.39, 0.29) is 18.2 Å². The van der Waals surface area contributed by atoms with Crippen molar-refractivity contribution in [1.29, 1.82) is 0 Å². The van der Waals surface area contributed by atoms with Crippen LogP contribution in [-0.4, -0.2) is 54.6 Å². The Bertz CT molecular complexity index is 390. The largest absolute Gasteiger partial charge is 0.444 e. The summed E-state index contributed by atoms with van der Waals surface area (Å²) in [6.07, 6.45) is 0.403. The number of alkyl carbamates (subject to hydrolysis) is 1. The van der Waals surface area contributed by atoms with Crippen molar-refractivity contribution in [1.82, 2.24) is 15.5 Å². The van der Waals surface area contributed by atoms with E-state index in [1.54, 1.807) is 20.8 Å². The van der Waals surface area contributed by atoms with E-state index >= 15 is 0 Å². The highest BCUT2D eigenvalue weighted by Gasteiger charge is 2.35. The van der Waals surface area contributed by atoms with Crippen molar-refractivity contribution in [3.05, 3.63) is 0 Å². The molecule has 20 heavy (non-hydrogen) atoms. The van der Waals surface area contributed by atoms with Crippen molar-refractivity contribution in [2.24, 2.45) is 0 Å². The van der Waals surface area contributed by atoms with Crippen LogP contribution in [0.3, 0.4) is 0 Å². The monoisotopic (exact) mass is 285 g/mol. The first kappa shape index (κ1) is 16.4. The van der Waals surface area contributed by atoms with Gasteiger partial charge in [0.25, 0.3) is 0 Å². The van der Waals surface area contributed by atoms with Crippen molar-refractivity contribution in [3.63, 3.8) is 0 Å². The molecule has 0 saturated carbocycles. The Morgan fingerprint density at radius 3 is 2.50 bits per heavy atom. The van der Waals surface area contributed by atoms with E-state index in [0.717, 1.165) is 4.90 Å². The van der Waals surface area contributed by atoms with Crippen LogP contribution in [0.1, 0.15) is 33.6 Å². The predicted octanol–water partition coefficient (Wildman–Crippen LogP) is 0.248. The minimum absolute atomic E-state index is 0.167. The van der Waals surface area contributed by atoms with Gasteiger partial charge in [-0.15, -0.1) is 0 Å². The normalized spacial score (nSPS) is 19.4. The van der Waals surface area contributed by atoms with Gasteiger partial charge in [-0.1, -0.05) is 0 Å². The first-order valence-electron chi connectivity index (χ1n) is 6.71. The first-order valence-corrected chi connectivity index (χ1v) is 6.71. The van der Waals surface area contributed by atoms with Crippen molar-refractivity contribution < 1.29 is 19.1 Å². The third-order valence-corrected chi connectivity index (χ3v) is 2.79. The van der Waals surface area contributed by atoms with Gasteiger partial charge in [-0.2, -0.15) is 0 Å². The van der Waals surface area contributed by atoms with E-state index in [0.29, 0.717) is 19.5 Å². The topological polar surface area (TPSA) is 87.7 Å². The Kier molecular flexibility index (Phi) is 5.50. The van der Waals surface area contributed by atoms with Crippen LogP contribution < -0.4 is 10.6 Å². The summed E-state index contributed by atoms with van der Waals surface area (Å²) < 4.78 is 5.09. The van der Waals surface area contributed by atoms with Crippen molar-refractivity contribution >= 4 is 17.9 Å². The van der Waals surface area contributed by atoms with Gasteiger partial charge in [0, 0.05) is 13.6 Å². The molecule has 0 aromatic rings. The molecule has 1 saturated heterocycles. The van der Waals surface area contributed by atoms with Crippen LogP contribution in [0, 0.1) is 0 Å². The summed E-state index contributed by atoms with van der Waals surface area (Å²) >= 11 is 0. The fourth-order valence-corrected chi connectivity index (χ4v) is 1.78. The molecule has 0 aliphatic carbocycles. The lowest BCUT2D eigenvalue weighted by Gasteiger charge is -2.19. The van der Waals surface area contributed by atoms with Gasteiger partial charge >= 0.3 is 6.09 Å². The van der Waals surface area contributed by atoms with Gasteiger partial charge < -0.3 is 15.4 Å². The van der Waals surface area contributed by atoms with Gasteiger partial charge in [0.05, 0.1) is 12.5 Å². The quantitative estimate of drug-likeness (QED) is 0.558. The van der Waals surface area contributed by atoms with Crippen LogP contribution in [0.25, 0.3) is 0 Å². The molecule has 114 valence electrons. The molecule has 1 rings (SSSR count). The van der Waals surface area contributed by atoms with Gasteiger partial charge in [-0.3, -0.25) is 14.5 Å². The Morgan fingerprint density at radius 2 is 2.00 bits per heavy atom. The van der Waals surface area contributed by atoms with Crippen LogP contribution in [-0.2, 0) is 14.3 Å². The second-order valence-electron chi connectivity index (χ2n) is 5.78. The average molecular weight is 285 g/mol. The highest BCUT2D eigenvalue weighted by Crippen LogP contribution is 2.10. The summed E-state index contributed by atoms with van der Waals surface area (Å²) in [5.41, 5.74) is -0.510. The maximum atomic E-state index is 11.6. The fraction of sp³-hybridized carbons (Fsp3) is 0.769. The third kappa shape index (κ3) is 5.16. The number of hydrogen-bond acceptors (Lipinski definition) is 5. The molecular formula is C13H23N3O4. The van der Waals surface area contributed by atoms with Gasteiger partial charge in [0.2, 0.25) is 11.8 Å². The predicted molar refractivity (Wildman–Crippen MR) is 73.0 cm³/mol. The summed E-state index contributed by atoms with van der Waals surface area (Å²) in [6.45, 7) is 6.40. The minimum Gasteiger partial charge on any atom is -0.444 e. The Hall–Kier alpha value is -1.63. The highest BCUT2D eigenvalue weighted by atomic mass is 16.6. The van der Waals surface area contributed by atoms with Crippen LogP contribution >= 0.6 is 0 Å². The summed E-state index contributed by atoms with van der Waals surface area (Å²) in [4.78, 5) is 35.4.